The van der Waals surface area contributed by atoms with E-state index in [2.05, 4.69) is 4.98 Å². The monoisotopic (exact) mass is 319 g/mol. The van der Waals surface area contributed by atoms with Crippen LogP contribution in [0.15, 0.2) is 48.7 Å². The second-order valence-corrected chi connectivity index (χ2v) is 5.30. The van der Waals surface area contributed by atoms with Crippen molar-refractivity contribution < 1.29 is 9.84 Å². The van der Waals surface area contributed by atoms with Crippen LogP contribution >= 0.6 is 23.2 Å². The predicted molar refractivity (Wildman–Crippen MR) is 84.2 cm³/mol. The van der Waals surface area contributed by atoms with Crippen LogP contribution in [0.25, 0.3) is 10.9 Å². The van der Waals surface area contributed by atoms with Gasteiger partial charge in [-0.3, -0.25) is 4.98 Å². The molecular weight excluding hydrogens is 309 g/mol. The van der Waals surface area contributed by atoms with Gasteiger partial charge in [0.05, 0.1) is 11.6 Å². The maximum absolute atomic E-state index is 9.38. The highest BCUT2D eigenvalue weighted by Crippen LogP contribution is 2.34. The van der Waals surface area contributed by atoms with Crippen LogP contribution in [0.3, 0.4) is 0 Å². The lowest BCUT2D eigenvalue weighted by Gasteiger charge is -2.12. The Kier molecular flexibility index (Phi) is 3.97. The molecule has 2 aromatic carbocycles. The molecule has 3 aromatic rings. The molecule has 0 aliphatic heterocycles. The fourth-order valence-electron chi connectivity index (χ4n) is 2.07. The summed E-state index contributed by atoms with van der Waals surface area (Å²) < 4.78 is 5.88. The SMILES string of the molecule is OCc1ccc(Cl)cc1Oc1ccc(Cl)c2cccnc12. The van der Waals surface area contributed by atoms with Crippen LogP contribution in [0.5, 0.6) is 11.5 Å². The molecule has 106 valence electrons. The van der Waals surface area contributed by atoms with E-state index in [4.69, 9.17) is 27.9 Å². The van der Waals surface area contributed by atoms with Gasteiger partial charge in [0.25, 0.3) is 0 Å². The highest BCUT2D eigenvalue weighted by atomic mass is 35.5. The van der Waals surface area contributed by atoms with Crippen LogP contribution in [0.1, 0.15) is 5.56 Å². The molecule has 0 saturated carbocycles. The van der Waals surface area contributed by atoms with E-state index in [1.54, 1.807) is 36.5 Å². The number of aromatic nitrogens is 1. The molecule has 3 nitrogen and oxygen atoms in total. The maximum Gasteiger partial charge on any atom is 0.153 e. The highest BCUT2D eigenvalue weighted by Gasteiger charge is 2.10. The standard InChI is InChI=1S/C16H11Cl2NO2/c17-11-4-3-10(9-20)15(8-11)21-14-6-5-13(18)12-2-1-7-19-16(12)14/h1-8,20H,9H2. The first-order valence-electron chi connectivity index (χ1n) is 6.29. The first-order chi connectivity index (χ1) is 10.2. The van der Waals surface area contributed by atoms with E-state index >= 15 is 0 Å². The van der Waals surface area contributed by atoms with Crippen molar-refractivity contribution in [1.29, 1.82) is 0 Å². The molecule has 0 aliphatic rings. The Balaban J connectivity index is 2.11. The number of fused-ring (bicyclic) bond motifs is 1. The Morgan fingerprint density at radius 1 is 1.05 bits per heavy atom. The van der Waals surface area contributed by atoms with Crippen LogP contribution in [0, 0.1) is 0 Å². The van der Waals surface area contributed by atoms with Crippen LogP contribution < -0.4 is 4.74 Å². The number of rotatable bonds is 3. The molecule has 0 bridgehead atoms. The summed E-state index contributed by atoms with van der Waals surface area (Å²) in [4.78, 5) is 4.31. The summed E-state index contributed by atoms with van der Waals surface area (Å²) in [6.07, 6.45) is 1.68. The molecule has 0 saturated heterocycles. The number of ether oxygens (including phenoxy) is 1. The number of nitrogens with zero attached hydrogens (tertiary/aromatic N) is 1. The van der Waals surface area contributed by atoms with E-state index in [1.807, 2.05) is 12.1 Å². The zero-order valence-electron chi connectivity index (χ0n) is 10.9. The van der Waals surface area contributed by atoms with Gasteiger partial charge in [-0.25, -0.2) is 0 Å². The number of hydrogen-bond donors (Lipinski definition) is 1. The molecule has 0 spiro atoms. The van der Waals surface area contributed by atoms with Gasteiger partial charge in [0, 0.05) is 22.2 Å². The van der Waals surface area contributed by atoms with Gasteiger partial charge in [-0.1, -0.05) is 29.3 Å². The summed E-state index contributed by atoms with van der Waals surface area (Å²) in [5.74, 6) is 1.06. The molecule has 0 unspecified atom stereocenters. The van der Waals surface area contributed by atoms with Gasteiger partial charge in [0.1, 0.15) is 11.3 Å². The van der Waals surface area contributed by atoms with Crippen molar-refractivity contribution in [2.75, 3.05) is 0 Å². The molecule has 5 heteroatoms. The number of hydrogen-bond acceptors (Lipinski definition) is 3. The van der Waals surface area contributed by atoms with Gasteiger partial charge in [0.2, 0.25) is 0 Å². The molecule has 0 radical (unpaired) electrons. The Morgan fingerprint density at radius 3 is 2.71 bits per heavy atom. The van der Waals surface area contributed by atoms with E-state index in [0.717, 1.165) is 5.39 Å². The average Bonchev–Trinajstić information content (AvgIpc) is 2.51. The van der Waals surface area contributed by atoms with Crippen molar-refractivity contribution in [3.63, 3.8) is 0 Å². The predicted octanol–water partition coefficient (Wildman–Crippen LogP) is 4.83. The summed E-state index contributed by atoms with van der Waals surface area (Å²) in [5.41, 5.74) is 1.31. The fourth-order valence-corrected chi connectivity index (χ4v) is 2.44. The van der Waals surface area contributed by atoms with Crippen molar-refractivity contribution in [3.05, 3.63) is 64.3 Å². The Labute approximate surface area is 131 Å². The largest absolute Gasteiger partial charge is 0.455 e. The van der Waals surface area contributed by atoms with Crippen molar-refractivity contribution in [1.82, 2.24) is 4.98 Å². The third kappa shape index (κ3) is 2.81. The molecule has 21 heavy (non-hydrogen) atoms. The summed E-state index contributed by atoms with van der Waals surface area (Å²) in [7, 11) is 0. The molecule has 1 aromatic heterocycles. The number of halogens is 2. The topological polar surface area (TPSA) is 42.4 Å². The minimum absolute atomic E-state index is 0.133. The molecule has 1 N–H and O–H groups in total. The van der Waals surface area contributed by atoms with Crippen molar-refractivity contribution >= 4 is 34.1 Å². The Bertz CT molecular complexity index is 805. The fraction of sp³-hybridized carbons (Fsp3) is 0.0625. The summed E-state index contributed by atoms with van der Waals surface area (Å²) in [6, 6.07) is 12.3. The maximum atomic E-state index is 9.38. The van der Waals surface area contributed by atoms with Crippen molar-refractivity contribution in [3.8, 4) is 11.5 Å². The second-order valence-electron chi connectivity index (χ2n) is 4.46. The van der Waals surface area contributed by atoms with Gasteiger partial charge < -0.3 is 9.84 Å². The van der Waals surface area contributed by atoms with E-state index in [0.29, 0.717) is 32.6 Å². The van der Waals surface area contributed by atoms with E-state index in [9.17, 15) is 5.11 Å². The van der Waals surface area contributed by atoms with Gasteiger partial charge in [-0.15, -0.1) is 0 Å². The molecular formula is C16H11Cl2NO2. The first-order valence-corrected chi connectivity index (χ1v) is 7.05. The molecule has 0 aliphatic carbocycles. The van der Waals surface area contributed by atoms with E-state index < -0.39 is 0 Å². The van der Waals surface area contributed by atoms with Gasteiger partial charge >= 0.3 is 0 Å². The molecule has 3 rings (SSSR count). The lowest BCUT2D eigenvalue weighted by atomic mass is 10.2. The third-order valence-electron chi connectivity index (χ3n) is 3.10. The Morgan fingerprint density at radius 2 is 1.90 bits per heavy atom. The summed E-state index contributed by atoms with van der Waals surface area (Å²) in [5, 5.41) is 11.3. The quantitative estimate of drug-likeness (QED) is 0.752. The highest BCUT2D eigenvalue weighted by molar-refractivity contribution is 6.35. The lowest BCUT2D eigenvalue weighted by molar-refractivity contribution is 0.276. The molecule has 0 fully saturated rings. The van der Waals surface area contributed by atoms with Crippen LogP contribution in [0.4, 0.5) is 0 Å². The van der Waals surface area contributed by atoms with Crippen LogP contribution in [0.2, 0.25) is 10.0 Å². The van der Waals surface area contributed by atoms with Crippen LogP contribution in [-0.4, -0.2) is 10.1 Å². The van der Waals surface area contributed by atoms with E-state index in [1.165, 1.54) is 0 Å². The molecule has 0 amide bonds. The number of benzene rings is 2. The normalized spacial score (nSPS) is 10.8. The number of aliphatic hydroxyl groups is 1. The van der Waals surface area contributed by atoms with Crippen molar-refractivity contribution in [2.24, 2.45) is 0 Å². The zero-order valence-corrected chi connectivity index (χ0v) is 12.4. The smallest absolute Gasteiger partial charge is 0.153 e. The molecule has 0 atom stereocenters. The minimum Gasteiger partial charge on any atom is -0.455 e. The summed E-state index contributed by atoms with van der Waals surface area (Å²) >= 11 is 12.1. The summed E-state index contributed by atoms with van der Waals surface area (Å²) in [6.45, 7) is -0.133. The first kappa shape index (κ1) is 14.1. The number of pyridine rings is 1. The van der Waals surface area contributed by atoms with E-state index in [-0.39, 0.29) is 6.61 Å². The van der Waals surface area contributed by atoms with Gasteiger partial charge in [0.15, 0.2) is 5.75 Å². The average molecular weight is 320 g/mol. The van der Waals surface area contributed by atoms with Crippen molar-refractivity contribution in [2.45, 2.75) is 6.61 Å². The number of aliphatic hydroxyl groups excluding tert-OH is 1. The van der Waals surface area contributed by atoms with Gasteiger partial charge in [-0.2, -0.15) is 0 Å². The Hall–Kier alpha value is -1.81. The van der Waals surface area contributed by atoms with Gasteiger partial charge in [-0.05, 0) is 36.4 Å². The van der Waals surface area contributed by atoms with Crippen LogP contribution in [-0.2, 0) is 6.61 Å². The molecule has 1 heterocycles. The third-order valence-corrected chi connectivity index (χ3v) is 3.66. The second kappa shape index (κ2) is 5.90. The zero-order chi connectivity index (χ0) is 14.8. The minimum atomic E-state index is -0.133. The lowest BCUT2D eigenvalue weighted by Crippen LogP contribution is -1.93.